The lowest BCUT2D eigenvalue weighted by atomic mass is 9.95. The number of fused-ring (bicyclic) bond motifs is 1. The highest BCUT2D eigenvalue weighted by Gasteiger charge is 2.55. The average molecular weight is 271 g/mol. The topological polar surface area (TPSA) is 12.0 Å². The second-order valence-corrected chi connectivity index (χ2v) is 7.10. The van der Waals surface area contributed by atoms with Crippen molar-refractivity contribution in [2.45, 2.75) is 58.4 Å². The molecule has 0 amide bonds. The maximum atomic E-state index is 3.76. The third-order valence-electron chi connectivity index (χ3n) is 5.51. The van der Waals surface area contributed by atoms with E-state index in [9.17, 15) is 0 Å². The Morgan fingerprint density at radius 3 is 2.30 bits per heavy atom. The van der Waals surface area contributed by atoms with E-state index < -0.39 is 0 Å². The van der Waals surface area contributed by atoms with E-state index in [2.05, 4.69) is 50.4 Å². The third kappa shape index (κ3) is 2.79. The number of likely N-dealkylation sites (N-methyl/N-ethyl adjacent to an activating group) is 1. The average Bonchev–Trinajstić information content (AvgIpc) is 2.91. The van der Waals surface area contributed by atoms with Gasteiger partial charge in [-0.25, -0.2) is 0 Å². The van der Waals surface area contributed by atoms with Gasteiger partial charge >= 0.3 is 0 Å². The standard InChI is InChI=1S/C19H29N/c1-4-20-18(19-16-6-5-7-17(16)19)12-14-8-10-15(11-9-14)13(2)3/h8-11,13,16-20H,4-7,12H2,1-3H3. The van der Waals surface area contributed by atoms with E-state index in [4.69, 9.17) is 0 Å². The molecule has 1 nitrogen and oxygen atoms in total. The Morgan fingerprint density at radius 2 is 1.75 bits per heavy atom. The van der Waals surface area contributed by atoms with Gasteiger partial charge in [0.15, 0.2) is 0 Å². The molecule has 110 valence electrons. The van der Waals surface area contributed by atoms with Crippen molar-refractivity contribution in [2.24, 2.45) is 17.8 Å². The van der Waals surface area contributed by atoms with Crippen molar-refractivity contribution in [2.75, 3.05) is 6.54 Å². The van der Waals surface area contributed by atoms with E-state index in [-0.39, 0.29) is 0 Å². The highest BCUT2D eigenvalue weighted by atomic mass is 14.9. The molecular formula is C19H29N. The van der Waals surface area contributed by atoms with Gasteiger partial charge in [0.25, 0.3) is 0 Å². The Labute approximate surface area is 124 Å². The van der Waals surface area contributed by atoms with Crippen molar-refractivity contribution in [3.05, 3.63) is 35.4 Å². The first-order valence-electron chi connectivity index (χ1n) is 8.53. The Bertz CT molecular complexity index is 424. The SMILES string of the molecule is CCNC(Cc1ccc(C(C)C)cc1)C1C2CCCC21. The number of nitrogens with one attached hydrogen (secondary N) is 1. The summed E-state index contributed by atoms with van der Waals surface area (Å²) in [6.45, 7) is 7.88. The summed E-state index contributed by atoms with van der Waals surface area (Å²) in [4.78, 5) is 0. The summed E-state index contributed by atoms with van der Waals surface area (Å²) < 4.78 is 0. The monoisotopic (exact) mass is 271 g/mol. The Balaban J connectivity index is 1.64. The molecule has 3 atom stereocenters. The Kier molecular flexibility index (Phi) is 4.16. The summed E-state index contributed by atoms with van der Waals surface area (Å²) in [7, 11) is 0. The van der Waals surface area contributed by atoms with E-state index in [1.54, 1.807) is 0 Å². The van der Waals surface area contributed by atoms with Gasteiger partial charge in [-0.3, -0.25) is 0 Å². The van der Waals surface area contributed by atoms with Crippen LogP contribution in [0, 0.1) is 17.8 Å². The quantitative estimate of drug-likeness (QED) is 0.810. The molecule has 0 heterocycles. The van der Waals surface area contributed by atoms with Crippen LogP contribution in [0.2, 0.25) is 0 Å². The van der Waals surface area contributed by atoms with Gasteiger partial charge in [0, 0.05) is 6.04 Å². The molecule has 3 rings (SSSR count). The first-order chi connectivity index (χ1) is 9.70. The van der Waals surface area contributed by atoms with Crippen molar-refractivity contribution >= 4 is 0 Å². The normalized spacial score (nSPS) is 29.5. The molecule has 0 bridgehead atoms. The number of rotatable bonds is 6. The third-order valence-corrected chi connectivity index (χ3v) is 5.51. The summed E-state index contributed by atoms with van der Waals surface area (Å²) in [6, 6.07) is 10.0. The molecule has 2 saturated carbocycles. The van der Waals surface area contributed by atoms with Crippen LogP contribution in [0.3, 0.4) is 0 Å². The lowest BCUT2D eigenvalue weighted by Crippen LogP contribution is -2.34. The fourth-order valence-corrected chi connectivity index (χ4v) is 4.37. The summed E-state index contributed by atoms with van der Waals surface area (Å²) >= 11 is 0. The maximum absolute atomic E-state index is 3.76. The first-order valence-corrected chi connectivity index (χ1v) is 8.53. The van der Waals surface area contributed by atoms with Crippen LogP contribution in [0.15, 0.2) is 24.3 Å². The van der Waals surface area contributed by atoms with Crippen molar-refractivity contribution in [1.82, 2.24) is 5.32 Å². The molecule has 1 N–H and O–H groups in total. The summed E-state index contributed by atoms with van der Waals surface area (Å²) in [5, 5.41) is 3.76. The zero-order chi connectivity index (χ0) is 14.1. The summed E-state index contributed by atoms with van der Waals surface area (Å²) in [5.74, 6) is 3.70. The lowest BCUT2D eigenvalue weighted by molar-refractivity contribution is 0.411. The van der Waals surface area contributed by atoms with Crippen LogP contribution in [0.4, 0.5) is 0 Å². The minimum Gasteiger partial charge on any atom is -0.314 e. The second-order valence-electron chi connectivity index (χ2n) is 7.10. The molecule has 1 aromatic carbocycles. The van der Waals surface area contributed by atoms with Gasteiger partial charge in [-0.1, -0.05) is 51.5 Å². The smallest absolute Gasteiger partial charge is 0.0141 e. The predicted octanol–water partition coefficient (Wildman–Crippen LogP) is 4.38. The number of benzene rings is 1. The zero-order valence-corrected chi connectivity index (χ0v) is 13.2. The molecule has 0 saturated heterocycles. The van der Waals surface area contributed by atoms with Gasteiger partial charge in [-0.2, -0.15) is 0 Å². The summed E-state index contributed by atoms with van der Waals surface area (Å²) in [6.07, 6.45) is 5.67. The number of hydrogen-bond donors (Lipinski definition) is 1. The van der Waals surface area contributed by atoms with Gasteiger partial charge in [0.05, 0.1) is 0 Å². The minimum atomic E-state index is 0.636. The molecule has 0 aromatic heterocycles. The van der Waals surface area contributed by atoms with E-state index in [1.165, 1.54) is 36.8 Å². The van der Waals surface area contributed by atoms with Crippen molar-refractivity contribution < 1.29 is 0 Å². The molecule has 1 heteroatoms. The molecule has 2 aliphatic rings. The second kappa shape index (κ2) is 5.89. The molecule has 20 heavy (non-hydrogen) atoms. The van der Waals surface area contributed by atoms with Gasteiger partial charge < -0.3 is 5.32 Å². The molecular weight excluding hydrogens is 242 g/mol. The fraction of sp³-hybridized carbons (Fsp3) is 0.684. The first kappa shape index (κ1) is 14.1. The van der Waals surface area contributed by atoms with E-state index in [0.717, 1.165) is 24.3 Å². The molecule has 0 radical (unpaired) electrons. The summed E-state index contributed by atoms with van der Waals surface area (Å²) in [5.41, 5.74) is 2.96. The molecule has 2 aliphatic carbocycles. The molecule has 3 unspecified atom stereocenters. The van der Waals surface area contributed by atoms with Crippen LogP contribution in [-0.2, 0) is 6.42 Å². The van der Waals surface area contributed by atoms with Crippen molar-refractivity contribution in [1.29, 1.82) is 0 Å². The van der Waals surface area contributed by atoms with Crippen LogP contribution in [0.1, 0.15) is 57.1 Å². The largest absolute Gasteiger partial charge is 0.314 e. The molecule has 1 aromatic rings. The van der Waals surface area contributed by atoms with Crippen LogP contribution < -0.4 is 5.32 Å². The van der Waals surface area contributed by atoms with Crippen LogP contribution in [-0.4, -0.2) is 12.6 Å². The molecule has 0 spiro atoms. The van der Waals surface area contributed by atoms with Crippen molar-refractivity contribution in [3.8, 4) is 0 Å². The van der Waals surface area contributed by atoms with Gasteiger partial charge in [0.2, 0.25) is 0 Å². The highest BCUT2D eigenvalue weighted by molar-refractivity contribution is 5.26. The minimum absolute atomic E-state index is 0.636. The van der Waals surface area contributed by atoms with E-state index >= 15 is 0 Å². The van der Waals surface area contributed by atoms with Gasteiger partial charge in [-0.05, 0) is 60.6 Å². The fourth-order valence-electron chi connectivity index (χ4n) is 4.37. The van der Waals surface area contributed by atoms with Gasteiger partial charge in [-0.15, -0.1) is 0 Å². The van der Waals surface area contributed by atoms with E-state index in [1.807, 2.05) is 0 Å². The zero-order valence-electron chi connectivity index (χ0n) is 13.2. The van der Waals surface area contributed by atoms with Crippen molar-refractivity contribution in [3.63, 3.8) is 0 Å². The maximum Gasteiger partial charge on any atom is 0.0141 e. The van der Waals surface area contributed by atoms with Crippen LogP contribution >= 0.6 is 0 Å². The highest BCUT2D eigenvalue weighted by Crippen LogP contribution is 2.59. The van der Waals surface area contributed by atoms with Crippen LogP contribution in [0.25, 0.3) is 0 Å². The molecule has 0 aliphatic heterocycles. The Morgan fingerprint density at radius 1 is 1.10 bits per heavy atom. The van der Waals surface area contributed by atoms with Crippen LogP contribution in [0.5, 0.6) is 0 Å². The lowest BCUT2D eigenvalue weighted by Gasteiger charge is -2.20. The number of hydrogen-bond acceptors (Lipinski definition) is 1. The Hall–Kier alpha value is -0.820. The molecule has 2 fully saturated rings. The van der Waals surface area contributed by atoms with Gasteiger partial charge in [0.1, 0.15) is 0 Å². The predicted molar refractivity (Wildman–Crippen MR) is 86.0 cm³/mol. The van der Waals surface area contributed by atoms with E-state index in [0.29, 0.717) is 12.0 Å².